The first kappa shape index (κ1) is 15.0. The third-order valence-corrected chi connectivity index (χ3v) is 2.94. The van der Waals surface area contributed by atoms with E-state index in [1.165, 1.54) is 0 Å². The second kappa shape index (κ2) is 8.99. The molecule has 0 radical (unpaired) electrons. The largest absolute Gasteiger partial charge is 0.396 e. The third kappa shape index (κ3) is 5.55. The number of aryl methyl sites for hydroxylation is 1. The van der Waals surface area contributed by atoms with Gasteiger partial charge < -0.3 is 5.11 Å². The summed E-state index contributed by atoms with van der Waals surface area (Å²) in [6.07, 6.45) is 5.33. The summed E-state index contributed by atoms with van der Waals surface area (Å²) in [6.45, 7) is 5.16. The molecule has 1 N–H and O–H groups in total. The quantitative estimate of drug-likeness (QED) is 0.633. The predicted molar refractivity (Wildman–Crippen MR) is 70.0 cm³/mol. The summed E-state index contributed by atoms with van der Waals surface area (Å²) in [7, 11) is 2.08. The van der Waals surface area contributed by atoms with Gasteiger partial charge in [0, 0.05) is 13.2 Å². The zero-order valence-electron chi connectivity index (χ0n) is 11.5. The molecule has 0 bridgehead atoms. The molecule has 0 aliphatic carbocycles. The van der Waals surface area contributed by atoms with E-state index in [1.807, 2.05) is 4.68 Å². The minimum Gasteiger partial charge on any atom is -0.396 e. The molecule has 0 aliphatic rings. The molecule has 1 heterocycles. The molecule has 6 nitrogen and oxygen atoms in total. The van der Waals surface area contributed by atoms with Crippen LogP contribution in [-0.2, 0) is 13.1 Å². The molecular formula is C12H25N5O. The van der Waals surface area contributed by atoms with E-state index in [1.54, 1.807) is 0 Å². The first-order chi connectivity index (χ1) is 8.77. The van der Waals surface area contributed by atoms with Crippen molar-refractivity contribution in [3.63, 3.8) is 0 Å². The first-order valence-corrected chi connectivity index (χ1v) is 6.82. The number of aromatic nitrogens is 4. The van der Waals surface area contributed by atoms with Crippen LogP contribution in [0.25, 0.3) is 0 Å². The van der Waals surface area contributed by atoms with Crippen molar-refractivity contribution in [3.05, 3.63) is 5.82 Å². The van der Waals surface area contributed by atoms with E-state index in [4.69, 9.17) is 5.11 Å². The Kier molecular flexibility index (Phi) is 7.52. The Morgan fingerprint density at radius 3 is 2.78 bits per heavy atom. The van der Waals surface area contributed by atoms with Crippen molar-refractivity contribution in [3.8, 4) is 0 Å². The van der Waals surface area contributed by atoms with Gasteiger partial charge in [0.2, 0.25) is 0 Å². The lowest BCUT2D eigenvalue weighted by Crippen LogP contribution is -2.22. The van der Waals surface area contributed by atoms with Gasteiger partial charge in [-0.05, 0) is 49.7 Å². The van der Waals surface area contributed by atoms with E-state index in [9.17, 15) is 0 Å². The number of tetrazole rings is 1. The number of unbranched alkanes of at least 4 members (excludes halogenated alkanes) is 3. The first-order valence-electron chi connectivity index (χ1n) is 6.82. The molecule has 1 rings (SSSR count). The van der Waals surface area contributed by atoms with Crippen molar-refractivity contribution in [2.75, 3.05) is 20.2 Å². The predicted octanol–water partition coefficient (Wildman–Crippen LogP) is 1.07. The maximum Gasteiger partial charge on any atom is 0.165 e. The van der Waals surface area contributed by atoms with Gasteiger partial charge in [-0.25, -0.2) is 4.68 Å². The number of nitrogens with zero attached hydrogens (tertiary/aromatic N) is 5. The normalized spacial score (nSPS) is 11.3. The van der Waals surface area contributed by atoms with Gasteiger partial charge >= 0.3 is 0 Å². The molecule has 104 valence electrons. The summed E-state index contributed by atoms with van der Waals surface area (Å²) in [4.78, 5) is 2.23. The van der Waals surface area contributed by atoms with Gasteiger partial charge in [-0.15, -0.1) is 5.10 Å². The van der Waals surface area contributed by atoms with Gasteiger partial charge in [0.05, 0.1) is 6.54 Å². The van der Waals surface area contributed by atoms with E-state index in [0.717, 1.165) is 57.6 Å². The molecule has 1 aromatic heterocycles. The molecule has 0 aromatic carbocycles. The van der Waals surface area contributed by atoms with E-state index in [-0.39, 0.29) is 0 Å². The minimum atomic E-state index is 0.291. The lowest BCUT2D eigenvalue weighted by atomic mass is 10.2. The van der Waals surface area contributed by atoms with Crippen molar-refractivity contribution in [2.24, 2.45) is 0 Å². The monoisotopic (exact) mass is 255 g/mol. The highest BCUT2D eigenvalue weighted by Gasteiger charge is 2.08. The fourth-order valence-electron chi connectivity index (χ4n) is 1.81. The minimum absolute atomic E-state index is 0.291. The van der Waals surface area contributed by atoms with Crippen molar-refractivity contribution < 1.29 is 5.11 Å². The number of rotatable bonds is 10. The van der Waals surface area contributed by atoms with Crippen LogP contribution in [0.2, 0.25) is 0 Å². The smallest absolute Gasteiger partial charge is 0.165 e. The topological polar surface area (TPSA) is 67.1 Å². The molecule has 0 saturated carbocycles. The van der Waals surface area contributed by atoms with Gasteiger partial charge in [0.25, 0.3) is 0 Å². The summed E-state index contributed by atoms with van der Waals surface area (Å²) < 4.78 is 1.90. The molecule has 0 saturated heterocycles. The van der Waals surface area contributed by atoms with Crippen LogP contribution >= 0.6 is 0 Å². The SMILES string of the molecule is CCCCn1nnnc1CN(C)CCCCCO. The van der Waals surface area contributed by atoms with Crippen molar-refractivity contribution >= 4 is 0 Å². The molecule has 1 aromatic rings. The number of hydrogen-bond donors (Lipinski definition) is 1. The zero-order chi connectivity index (χ0) is 13.2. The highest BCUT2D eigenvalue weighted by Crippen LogP contribution is 2.03. The van der Waals surface area contributed by atoms with Gasteiger partial charge in [-0.3, -0.25) is 4.90 Å². The Labute approximate surface area is 109 Å². The summed E-state index contributed by atoms with van der Waals surface area (Å²) in [5, 5.41) is 20.5. The standard InChI is InChI=1S/C12H25N5O/c1-3-4-9-17-12(13-14-15-17)11-16(2)8-6-5-7-10-18/h18H,3-11H2,1-2H3. The molecule has 0 amide bonds. The second-order valence-electron chi connectivity index (χ2n) is 4.69. The van der Waals surface area contributed by atoms with Crippen LogP contribution in [0.3, 0.4) is 0 Å². The fraction of sp³-hybridized carbons (Fsp3) is 0.917. The van der Waals surface area contributed by atoms with E-state index < -0.39 is 0 Å². The van der Waals surface area contributed by atoms with Gasteiger partial charge in [-0.2, -0.15) is 0 Å². The summed E-state index contributed by atoms with van der Waals surface area (Å²) in [5.41, 5.74) is 0. The average molecular weight is 255 g/mol. The van der Waals surface area contributed by atoms with E-state index in [2.05, 4.69) is 34.4 Å². The second-order valence-corrected chi connectivity index (χ2v) is 4.69. The molecule has 0 fully saturated rings. The Morgan fingerprint density at radius 1 is 1.22 bits per heavy atom. The van der Waals surface area contributed by atoms with Crippen LogP contribution in [0.15, 0.2) is 0 Å². The molecular weight excluding hydrogens is 230 g/mol. The molecule has 0 aliphatic heterocycles. The van der Waals surface area contributed by atoms with E-state index in [0.29, 0.717) is 6.61 Å². The van der Waals surface area contributed by atoms with Crippen LogP contribution in [0.1, 0.15) is 44.9 Å². The Balaban J connectivity index is 2.29. The molecule has 0 atom stereocenters. The summed E-state index contributed by atoms with van der Waals surface area (Å²) in [5.74, 6) is 0.938. The number of hydrogen-bond acceptors (Lipinski definition) is 5. The van der Waals surface area contributed by atoms with Crippen LogP contribution in [0.5, 0.6) is 0 Å². The molecule has 18 heavy (non-hydrogen) atoms. The van der Waals surface area contributed by atoms with Crippen LogP contribution in [-0.4, -0.2) is 50.4 Å². The average Bonchev–Trinajstić information content (AvgIpc) is 2.79. The lowest BCUT2D eigenvalue weighted by Gasteiger charge is -2.15. The summed E-state index contributed by atoms with van der Waals surface area (Å²) >= 11 is 0. The van der Waals surface area contributed by atoms with E-state index >= 15 is 0 Å². The Bertz CT molecular complexity index is 315. The van der Waals surface area contributed by atoms with Gasteiger partial charge in [-0.1, -0.05) is 13.3 Å². The van der Waals surface area contributed by atoms with Crippen molar-refractivity contribution in [2.45, 2.75) is 52.1 Å². The van der Waals surface area contributed by atoms with Crippen LogP contribution in [0.4, 0.5) is 0 Å². The van der Waals surface area contributed by atoms with Crippen LogP contribution in [0, 0.1) is 0 Å². The van der Waals surface area contributed by atoms with Crippen molar-refractivity contribution in [1.29, 1.82) is 0 Å². The number of aliphatic hydroxyl groups is 1. The zero-order valence-corrected chi connectivity index (χ0v) is 11.5. The molecule has 0 spiro atoms. The fourth-order valence-corrected chi connectivity index (χ4v) is 1.81. The molecule has 0 unspecified atom stereocenters. The maximum absolute atomic E-state index is 8.71. The van der Waals surface area contributed by atoms with Crippen LogP contribution < -0.4 is 0 Å². The Hall–Kier alpha value is -1.01. The Morgan fingerprint density at radius 2 is 2.06 bits per heavy atom. The van der Waals surface area contributed by atoms with Gasteiger partial charge in [0.1, 0.15) is 0 Å². The van der Waals surface area contributed by atoms with Gasteiger partial charge in [0.15, 0.2) is 5.82 Å². The third-order valence-electron chi connectivity index (χ3n) is 2.94. The highest BCUT2D eigenvalue weighted by atomic mass is 16.2. The maximum atomic E-state index is 8.71. The number of aliphatic hydroxyl groups excluding tert-OH is 1. The molecule has 6 heteroatoms. The summed E-state index contributed by atoms with van der Waals surface area (Å²) in [6, 6.07) is 0. The highest BCUT2D eigenvalue weighted by molar-refractivity contribution is 4.80. The lowest BCUT2D eigenvalue weighted by molar-refractivity contribution is 0.267. The van der Waals surface area contributed by atoms with Crippen molar-refractivity contribution in [1.82, 2.24) is 25.1 Å².